The van der Waals surface area contributed by atoms with Crippen molar-refractivity contribution < 1.29 is 9.53 Å². The highest BCUT2D eigenvalue weighted by atomic mass is 32.2. The minimum Gasteiger partial charge on any atom is -0.381 e. The van der Waals surface area contributed by atoms with Gasteiger partial charge in [0.05, 0.1) is 13.2 Å². The molecule has 0 saturated carbocycles. The Morgan fingerprint density at radius 3 is 2.86 bits per heavy atom. The molecule has 0 spiro atoms. The van der Waals surface area contributed by atoms with Gasteiger partial charge in [-0.05, 0) is 6.42 Å². The zero-order valence-corrected chi connectivity index (χ0v) is 9.22. The van der Waals surface area contributed by atoms with E-state index in [0.29, 0.717) is 18.9 Å². The van der Waals surface area contributed by atoms with Crippen LogP contribution in [0.3, 0.4) is 0 Å². The third kappa shape index (κ3) is 2.72. The Bertz CT molecular complexity index is 198. The number of hydrogen-bond acceptors (Lipinski definition) is 4. The number of ether oxygens (including phenoxy) is 1. The van der Waals surface area contributed by atoms with Crippen molar-refractivity contribution in [2.75, 3.05) is 44.4 Å². The highest BCUT2D eigenvalue weighted by Gasteiger charge is 2.25. The third-order valence-electron chi connectivity index (χ3n) is 2.87. The first-order valence-corrected chi connectivity index (χ1v) is 6.42. The molecule has 2 heterocycles. The summed E-state index contributed by atoms with van der Waals surface area (Å²) in [5, 5.41) is 0. The largest absolute Gasteiger partial charge is 0.381 e. The van der Waals surface area contributed by atoms with Gasteiger partial charge in [-0.25, -0.2) is 0 Å². The molecule has 4 heteroatoms. The molecule has 0 amide bonds. The van der Waals surface area contributed by atoms with E-state index in [1.165, 1.54) is 11.5 Å². The van der Waals surface area contributed by atoms with E-state index in [0.717, 1.165) is 26.1 Å². The van der Waals surface area contributed by atoms with Crippen molar-refractivity contribution in [1.29, 1.82) is 0 Å². The Hall–Kier alpha value is -0.0600. The topological polar surface area (TPSA) is 29.5 Å². The fourth-order valence-electron chi connectivity index (χ4n) is 1.90. The summed E-state index contributed by atoms with van der Waals surface area (Å²) in [5.41, 5.74) is 0. The lowest BCUT2D eigenvalue weighted by atomic mass is 10.0. The van der Waals surface area contributed by atoms with Crippen molar-refractivity contribution in [2.45, 2.75) is 6.42 Å². The van der Waals surface area contributed by atoms with E-state index < -0.39 is 0 Å². The predicted molar refractivity (Wildman–Crippen MR) is 57.7 cm³/mol. The number of nitrogens with zero attached hydrogens (tertiary/aromatic N) is 1. The van der Waals surface area contributed by atoms with Crippen LogP contribution in [0.1, 0.15) is 6.42 Å². The smallest absolute Gasteiger partial charge is 0.152 e. The average molecular weight is 215 g/mol. The van der Waals surface area contributed by atoms with Gasteiger partial charge >= 0.3 is 0 Å². The van der Waals surface area contributed by atoms with Crippen LogP contribution in [0.4, 0.5) is 0 Å². The predicted octanol–water partition coefficient (Wildman–Crippen LogP) is 0.641. The van der Waals surface area contributed by atoms with Gasteiger partial charge in [-0.1, -0.05) is 0 Å². The molecule has 0 bridgehead atoms. The van der Waals surface area contributed by atoms with Gasteiger partial charge in [-0.15, -0.1) is 0 Å². The molecule has 2 rings (SSSR count). The second-order valence-electron chi connectivity index (χ2n) is 3.92. The Labute approximate surface area is 89.2 Å². The van der Waals surface area contributed by atoms with Gasteiger partial charge in [0.15, 0.2) is 5.78 Å². The summed E-state index contributed by atoms with van der Waals surface area (Å²) >= 11 is 1.98. The minimum absolute atomic E-state index is 0.185. The minimum atomic E-state index is 0.185. The second-order valence-corrected chi connectivity index (χ2v) is 5.14. The summed E-state index contributed by atoms with van der Waals surface area (Å²) < 4.78 is 5.22. The van der Waals surface area contributed by atoms with Crippen LogP contribution >= 0.6 is 11.8 Å². The van der Waals surface area contributed by atoms with Crippen LogP contribution in [-0.2, 0) is 9.53 Å². The highest BCUT2D eigenvalue weighted by Crippen LogP contribution is 2.15. The SMILES string of the molecule is O=C(CN1CCSCC1)C1CCOC1. The number of thioether (sulfide) groups is 1. The molecule has 14 heavy (non-hydrogen) atoms. The van der Waals surface area contributed by atoms with Crippen LogP contribution in [-0.4, -0.2) is 55.0 Å². The van der Waals surface area contributed by atoms with Crippen LogP contribution in [0, 0.1) is 5.92 Å². The number of carbonyl (C=O) groups is 1. The molecule has 80 valence electrons. The van der Waals surface area contributed by atoms with Crippen molar-refractivity contribution in [3.05, 3.63) is 0 Å². The number of rotatable bonds is 3. The van der Waals surface area contributed by atoms with Crippen molar-refractivity contribution in [2.24, 2.45) is 5.92 Å². The molecule has 0 aromatic heterocycles. The molecule has 0 aliphatic carbocycles. The molecule has 2 saturated heterocycles. The average Bonchev–Trinajstić information content (AvgIpc) is 2.72. The number of ketones is 1. The highest BCUT2D eigenvalue weighted by molar-refractivity contribution is 7.99. The van der Waals surface area contributed by atoms with Gasteiger partial charge in [0.1, 0.15) is 0 Å². The lowest BCUT2D eigenvalue weighted by Crippen LogP contribution is -2.38. The third-order valence-corrected chi connectivity index (χ3v) is 3.81. The standard InChI is InChI=1S/C10H17NO2S/c12-10(9-1-4-13-8-9)7-11-2-5-14-6-3-11/h9H,1-8H2. The molecule has 0 aromatic carbocycles. The van der Waals surface area contributed by atoms with E-state index in [-0.39, 0.29) is 5.92 Å². The Morgan fingerprint density at radius 2 is 2.21 bits per heavy atom. The maximum Gasteiger partial charge on any atom is 0.152 e. The van der Waals surface area contributed by atoms with Crippen molar-refractivity contribution >= 4 is 17.5 Å². The summed E-state index contributed by atoms with van der Waals surface area (Å²) in [5.74, 6) is 2.92. The Kier molecular flexibility index (Phi) is 3.84. The van der Waals surface area contributed by atoms with E-state index in [9.17, 15) is 4.79 Å². The fourth-order valence-corrected chi connectivity index (χ4v) is 2.88. The summed E-state index contributed by atoms with van der Waals surface area (Å²) in [6, 6.07) is 0. The quantitative estimate of drug-likeness (QED) is 0.691. The van der Waals surface area contributed by atoms with Gasteiger partial charge in [0.25, 0.3) is 0 Å². The normalized spacial score (nSPS) is 29.3. The van der Waals surface area contributed by atoms with Gasteiger partial charge in [-0.2, -0.15) is 11.8 Å². The Balaban J connectivity index is 1.75. The second kappa shape index (κ2) is 5.14. The van der Waals surface area contributed by atoms with Crippen LogP contribution in [0.15, 0.2) is 0 Å². The molecule has 3 nitrogen and oxygen atoms in total. The number of carbonyl (C=O) groups excluding carboxylic acids is 1. The maximum atomic E-state index is 11.8. The van der Waals surface area contributed by atoms with Gasteiger partial charge in [0, 0.05) is 37.1 Å². The summed E-state index contributed by atoms with van der Waals surface area (Å²) in [7, 11) is 0. The first-order valence-electron chi connectivity index (χ1n) is 5.27. The molecule has 1 atom stereocenters. The molecule has 0 radical (unpaired) electrons. The lowest BCUT2D eigenvalue weighted by Gasteiger charge is -2.26. The molecule has 2 aliphatic rings. The van der Waals surface area contributed by atoms with E-state index in [1.54, 1.807) is 0 Å². The molecular weight excluding hydrogens is 198 g/mol. The molecule has 1 unspecified atom stereocenters. The fraction of sp³-hybridized carbons (Fsp3) is 0.900. The van der Waals surface area contributed by atoms with Crippen LogP contribution in [0.5, 0.6) is 0 Å². The van der Waals surface area contributed by atoms with E-state index in [1.807, 2.05) is 11.8 Å². The van der Waals surface area contributed by atoms with Crippen molar-refractivity contribution in [3.63, 3.8) is 0 Å². The van der Waals surface area contributed by atoms with Crippen molar-refractivity contribution in [3.8, 4) is 0 Å². The van der Waals surface area contributed by atoms with Crippen LogP contribution in [0.25, 0.3) is 0 Å². The first-order chi connectivity index (χ1) is 6.86. The summed E-state index contributed by atoms with van der Waals surface area (Å²) in [6.07, 6.45) is 0.932. The number of Topliss-reactive ketones (excluding diaryl/α,β-unsaturated/α-hetero) is 1. The molecular formula is C10H17NO2S. The molecule has 2 aliphatic heterocycles. The summed E-state index contributed by atoms with van der Waals surface area (Å²) in [6.45, 7) is 4.22. The zero-order chi connectivity index (χ0) is 9.80. The molecule has 0 aromatic rings. The number of hydrogen-bond donors (Lipinski definition) is 0. The van der Waals surface area contributed by atoms with Gasteiger partial charge in [0.2, 0.25) is 0 Å². The van der Waals surface area contributed by atoms with E-state index in [2.05, 4.69) is 4.90 Å². The van der Waals surface area contributed by atoms with Crippen LogP contribution < -0.4 is 0 Å². The van der Waals surface area contributed by atoms with Crippen molar-refractivity contribution in [1.82, 2.24) is 4.90 Å². The monoisotopic (exact) mass is 215 g/mol. The lowest BCUT2D eigenvalue weighted by molar-refractivity contribution is -0.123. The van der Waals surface area contributed by atoms with Gasteiger partial charge < -0.3 is 4.74 Å². The molecule has 0 N–H and O–H groups in total. The van der Waals surface area contributed by atoms with Gasteiger partial charge in [-0.3, -0.25) is 9.69 Å². The summed E-state index contributed by atoms with van der Waals surface area (Å²) in [4.78, 5) is 14.1. The van der Waals surface area contributed by atoms with E-state index in [4.69, 9.17) is 4.74 Å². The first kappa shape index (κ1) is 10.5. The Morgan fingerprint density at radius 1 is 1.43 bits per heavy atom. The molecule has 2 fully saturated rings. The van der Waals surface area contributed by atoms with E-state index >= 15 is 0 Å². The van der Waals surface area contributed by atoms with Crippen LogP contribution in [0.2, 0.25) is 0 Å². The zero-order valence-electron chi connectivity index (χ0n) is 8.41. The maximum absolute atomic E-state index is 11.8.